The van der Waals surface area contributed by atoms with Crippen LogP contribution in [0.3, 0.4) is 0 Å². The average molecular weight is 410 g/mol. The molecular formula is C22H22N2O6. The summed E-state index contributed by atoms with van der Waals surface area (Å²) in [5.74, 6) is 0.290. The fourth-order valence-corrected chi connectivity index (χ4v) is 2.05. The number of nitrogens with zero attached hydrogens (tertiary/aromatic N) is 2. The Hall–Kier alpha value is -3.94. The maximum absolute atomic E-state index is 10.9. The van der Waals surface area contributed by atoms with Crippen LogP contribution in [0.5, 0.6) is 11.5 Å². The van der Waals surface area contributed by atoms with Crippen LogP contribution < -0.4 is 9.47 Å². The largest absolute Gasteiger partial charge is 0.490 e. The standard InChI is InChI=1S/C22H22N2O6/c1-3-21(25)29-15-13-27-19-9-5-17(6-10-19)23-24-18-7-11-20(12-8-18)28-14-16-30-22(26)4-2/h3-12H,1-2,13-16H2/b24-23+. The number of carbonyl (C=O) groups excluding carboxylic acids is 2. The molecule has 0 aromatic heterocycles. The van der Waals surface area contributed by atoms with Gasteiger partial charge in [-0.1, -0.05) is 13.2 Å². The Morgan fingerprint density at radius 3 is 1.37 bits per heavy atom. The summed E-state index contributed by atoms with van der Waals surface area (Å²) in [5, 5.41) is 8.33. The van der Waals surface area contributed by atoms with Gasteiger partial charge in [-0.25, -0.2) is 9.59 Å². The normalized spacial score (nSPS) is 10.3. The number of hydrogen-bond acceptors (Lipinski definition) is 8. The van der Waals surface area contributed by atoms with E-state index in [1.165, 1.54) is 0 Å². The summed E-state index contributed by atoms with van der Waals surface area (Å²) in [6, 6.07) is 14.0. The van der Waals surface area contributed by atoms with Crippen LogP contribution in [-0.2, 0) is 19.1 Å². The van der Waals surface area contributed by atoms with E-state index in [-0.39, 0.29) is 26.4 Å². The number of benzene rings is 2. The lowest BCUT2D eigenvalue weighted by molar-refractivity contribution is -0.139. The summed E-state index contributed by atoms with van der Waals surface area (Å²) in [4.78, 5) is 21.8. The van der Waals surface area contributed by atoms with E-state index in [9.17, 15) is 9.59 Å². The van der Waals surface area contributed by atoms with Gasteiger partial charge in [0.2, 0.25) is 0 Å². The number of carbonyl (C=O) groups is 2. The second-order valence-corrected chi connectivity index (χ2v) is 5.63. The molecule has 0 heterocycles. The molecule has 0 unspecified atom stereocenters. The quantitative estimate of drug-likeness (QED) is 0.224. The predicted molar refractivity (Wildman–Crippen MR) is 110 cm³/mol. The third kappa shape index (κ3) is 8.39. The van der Waals surface area contributed by atoms with Gasteiger partial charge in [0.1, 0.15) is 37.9 Å². The molecule has 0 aliphatic carbocycles. The van der Waals surface area contributed by atoms with Gasteiger partial charge in [-0.15, -0.1) is 0 Å². The molecule has 0 saturated carbocycles. The van der Waals surface area contributed by atoms with Crippen LogP contribution in [0.1, 0.15) is 0 Å². The molecule has 0 fully saturated rings. The van der Waals surface area contributed by atoms with Crippen LogP contribution in [0, 0.1) is 0 Å². The predicted octanol–water partition coefficient (Wildman–Crippen LogP) is 4.32. The van der Waals surface area contributed by atoms with Crippen molar-refractivity contribution in [3.05, 3.63) is 73.8 Å². The second-order valence-electron chi connectivity index (χ2n) is 5.63. The van der Waals surface area contributed by atoms with Crippen molar-refractivity contribution < 1.29 is 28.5 Å². The molecule has 0 N–H and O–H groups in total. The van der Waals surface area contributed by atoms with Gasteiger partial charge in [0.05, 0.1) is 11.4 Å². The first kappa shape index (κ1) is 22.4. The minimum Gasteiger partial charge on any atom is -0.490 e. The first-order valence-corrected chi connectivity index (χ1v) is 9.06. The molecule has 156 valence electrons. The Bertz CT molecular complexity index is 802. The van der Waals surface area contributed by atoms with E-state index in [2.05, 4.69) is 23.4 Å². The maximum Gasteiger partial charge on any atom is 0.330 e. The molecule has 0 saturated heterocycles. The second kappa shape index (κ2) is 12.5. The Balaban J connectivity index is 1.75. The van der Waals surface area contributed by atoms with Gasteiger partial charge >= 0.3 is 11.9 Å². The number of azo groups is 1. The van der Waals surface area contributed by atoms with Gasteiger partial charge in [-0.2, -0.15) is 10.2 Å². The van der Waals surface area contributed by atoms with Crippen molar-refractivity contribution in [2.75, 3.05) is 26.4 Å². The maximum atomic E-state index is 10.9. The molecule has 30 heavy (non-hydrogen) atoms. The van der Waals surface area contributed by atoms with Crippen molar-refractivity contribution in [1.82, 2.24) is 0 Å². The molecule has 0 spiro atoms. The molecule has 2 aromatic carbocycles. The zero-order chi connectivity index (χ0) is 21.6. The van der Waals surface area contributed by atoms with E-state index < -0.39 is 11.9 Å². The van der Waals surface area contributed by atoms with Gasteiger partial charge in [0, 0.05) is 12.2 Å². The van der Waals surface area contributed by atoms with E-state index in [0.29, 0.717) is 22.9 Å². The average Bonchev–Trinajstić information content (AvgIpc) is 2.79. The Morgan fingerprint density at radius 2 is 1.03 bits per heavy atom. The zero-order valence-electron chi connectivity index (χ0n) is 16.4. The van der Waals surface area contributed by atoms with Crippen LogP contribution in [-0.4, -0.2) is 38.4 Å². The topological polar surface area (TPSA) is 95.8 Å². The molecule has 0 radical (unpaired) electrons. The molecule has 0 aliphatic heterocycles. The lowest BCUT2D eigenvalue weighted by Gasteiger charge is -2.06. The smallest absolute Gasteiger partial charge is 0.330 e. The van der Waals surface area contributed by atoms with Crippen molar-refractivity contribution in [3.8, 4) is 11.5 Å². The summed E-state index contributed by atoms with van der Waals surface area (Å²) in [6.07, 6.45) is 2.20. The molecule has 0 amide bonds. The summed E-state index contributed by atoms with van der Waals surface area (Å²) in [6.45, 7) is 7.40. The molecule has 0 atom stereocenters. The van der Waals surface area contributed by atoms with Crippen molar-refractivity contribution in [1.29, 1.82) is 0 Å². The Morgan fingerprint density at radius 1 is 0.667 bits per heavy atom. The highest BCUT2D eigenvalue weighted by Gasteiger charge is 1.99. The van der Waals surface area contributed by atoms with E-state index in [4.69, 9.17) is 18.9 Å². The zero-order valence-corrected chi connectivity index (χ0v) is 16.4. The summed E-state index contributed by atoms with van der Waals surface area (Å²) >= 11 is 0. The number of ether oxygens (including phenoxy) is 4. The highest BCUT2D eigenvalue weighted by atomic mass is 16.6. The first-order chi connectivity index (χ1) is 14.6. The molecule has 8 nitrogen and oxygen atoms in total. The lowest BCUT2D eigenvalue weighted by atomic mass is 10.3. The van der Waals surface area contributed by atoms with Crippen molar-refractivity contribution >= 4 is 23.3 Å². The number of rotatable bonds is 12. The van der Waals surface area contributed by atoms with Crippen LogP contribution >= 0.6 is 0 Å². The van der Waals surface area contributed by atoms with Crippen molar-refractivity contribution in [2.24, 2.45) is 10.2 Å². The van der Waals surface area contributed by atoms with Gasteiger partial charge in [-0.3, -0.25) is 0 Å². The lowest BCUT2D eigenvalue weighted by Crippen LogP contribution is -2.09. The van der Waals surface area contributed by atoms with Gasteiger partial charge < -0.3 is 18.9 Å². The van der Waals surface area contributed by atoms with Crippen LogP contribution in [0.2, 0.25) is 0 Å². The minimum absolute atomic E-state index is 0.145. The fourth-order valence-electron chi connectivity index (χ4n) is 2.05. The monoisotopic (exact) mass is 410 g/mol. The summed E-state index contributed by atoms with van der Waals surface area (Å²) in [5.41, 5.74) is 1.31. The molecular weight excluding hydrogens is 388 g/mol. The minimum atomic E-state index is -0.483. The summed E-state index contributed by atoms with van der Waals surface area (Å²) < 4.78 is 20.6. The Labute approximate surface area is 174 Å². The van der Waals surface area contributed by atoms with Gasteiger partial charge in [0.25, 0.3) is 0 Å². The molecule has 8 heteroatoms. The van der Waals surface area contributed by atoms with E-state index in [1.807, 2.05) is 0 Å². The molecule has 2 aromatic rings. The Kier molecular flexibility index (Phi) is 9.32. The number of esters is 2. The van der Waals surface area contributed by atoms with E-state index in [0.717, 1.165) is 12.2 Å². The first-order valence-electron chi connectivity index (χ1n) is 9.06. The van der Waals surface area contributed by atoms with E-state index >= 15 is 0 Å². The fraction of sp³-hybridized carbons (Fsp3) is 0.182. The van der Waals surface area contributed by atoms with Gasteiger partial charge in [-0.05, 0) is 48.5 Å². The third-order valence-corrected chi connectivity index (χ3v) is 3.48. The highest BCUT2D eigenvalue weighted by Crippen LogP contribution is 2.23. The van der Waals surface area contributed by atoms with Crippen LogP contribution in [0.4, 0.5) is 11.4 Å². The third-order valence-electron chi connectivity index (χ3n) is 3.48. The SMILES string of the molecule is C=CC(=O)OCCOc1ccc(/N=N/c2ccc(OCCOC(=O)C=C)cc2)cc1. The van der Waals surface area contributed by atoms with Gasteiger partial charge in [0.15, 0.2) is 0 Å². The van der Waals surface area contributed by atoms with Crippen molar-refractivity contribution in [2.45, 2.75) is 0 Å². The van der Waals surface area contributed by atoms with Crippen molar-refractivity contribution in [3.63, 3.8) is 0 Å². The molecule has 0 bridgehead atoms. The highest BCUT2D eigenvalue weighted by molar-refractivity contribution is 5.81. The molecule has 0 aliphatic rings. The summed E-state index contributed by atoms with van der Waals surface area (Å²) in [7, 11) is 0. The molecule has 2 rings (SSSR count). The van der Waals surface area contributed by atoms with E-state index in [1.54, 1.807) is 48.5 Å². The van der Waals surface area contributed by atoms with Crippen LogP contribution in [0.15, 0.2) is 84.1 Å². The number of hydrogen-bond donors (Lipinski definition) is 0. The van der Waals surface area contributed by atoms with Crippen LogP contribution in [0.25, 0.3) is 0 Å².